The van der Waals surface area contributed by atoms with Gasteiger partial charge in [0.25, 0.3) is 0 Å². The summed E-state index contributed by atoms with van der Waals surface area (Å²) in [5.74, 6) is 0.0514. The predicted octanol–water partition coefficient (Wildman–Crippen LogP) is 3.65. The summed E-state index contributed by atoms with van der Waals surface area (Å²) in [6.45, 7) is 0.0400. The van der Waals surface area contributed by atoms with Crippen molar-refractivity contribution in [2.24, 2.45) is 0 Å². The van der Waals surface area contributed by atoms with Gasteiger partial charge in [-0.2, -0.15) is 0 Å². The van der Waals surface area contributed by atoms with Crippen LogP contribution in [0, 0.1) is 5.82 Å². The van der Waals surface area contributed by atoms with Crippen molar-refractivity contribution in [1.29, 1.82) is 0 Å². The van der Waals surface area contributed by atoms with Crippen LogP contribution in [-0.2, 0) is 4.79 Å². The van der Waals surface area contributed by atoms with Gasteiger partial charge in [-0.25, -0.2) is 4.39 Å². The number of ether oxygens (including phenoxy) is 1. The Hall–Kier alpha value is -2.08. The van der Waals surface area contributed by atoms with Crippen molar-refractivity contribution >= 4 is 33.2 Å². The quantitative estimate of drug-likeness (QED) is 0.863. The van der Waals surface area contributed by atoms with Crippen LogP contribution in [0.2, 0.25) is 0 Å². The number of hydrogen-bond donors (Lipinski definition) is 2. The van der Waals surface area contributed by atoms with Gasteiger partial charge in [-0.15, -0.1) is 0 Å². The van der Waals surface area contributed by atoms with Crippen LogP contribution in [0.5, 0.6) is 5.75 Å². The second kappa shape index (κ2) is 7.08. The zero-order valence-electron chi connectivity index (χ0n) is 11.3. The van der Waals surface area contributed by atoms with Crippen molar-refractivity contribution < 1.29 is 13.9 Å². The summed E-state index contributed by atoms with van der Waals surface area (Å²) in [7, 11) is 1.56. The standard InChI is InChI=1S/C15H14BrFN2O2/c1-21-12-4-2-3-11(7-12)19-15(20)9-18-10-5-6-13(16)14(17)8-10/h2-8,18H,9H2,1H3,(H,19,20). The summed E-state index contributed by atoms with van der Waals surface area (Å²) in [6.07, 6.45) is 0. The topological polar surface area (TPSA) is 50.4 Å². The fourth-order valence-electron chi connectivity index (χ4n) is 1.69. The van der Waals surface area contributed by atoms with Crippen molar-refractivity contribution in [3.05, 3.63) is 52.8 Å². The molecule has 0 heterocycles. The first kappa shape index (κ1) is 15.3. The van der Waals surface area contributed by atoms with E-state index in [-0.39, 0.29) is 18.3 Å². The minimum Gasteiger partial charge on any atom is -0.497 e. The lowest BCUT2D eigenvalue weighted by molar-refractivity contribution is -0.114. The summed E-state index contributed by atoms with van der Waals surface area (Å²) < 4.78 is 18.8. The molecule has 0 aliphatic heterocycles. The Morgan fingerprint density at radius 2 is 2.05 bits per heavy atom. The molecule has 0 saturated heterocycles. The minimum atomic E-state index is -0.381. The van der Waals surface area contributed by atoms with Gasteiger partial charge in [0.2, 0.25) is 5.91 Å². The highest BCUT2D eigenvalue weighted by atomic mass is 79.9. The molecule has 21 heavy (non-hydrogen) atoms. The number of amides is 1. The molecule has 0 aromatic heterocycles. The molecule has 0 bridgehead atoms. The number of benzene rings is 2. The van der Waals surface area contributed by atoms with Crippen LogP contribution in [0.25, 0.3) is 0 Å². The third kappa shape index (κ3) is 4.46. The number of carbonyl (C=O) groups excluding carboxylic acids is 1. The summed E-state index contributed by atoms with van der Waals surface area (Å²) >= 11 is 3.07. The van der Waals surface area contributed by atoms with Crippen LogP contribution in [-0.4, -0.2) is 19.6 Å². The molecule has 0 radical (unpaired) electrons. The van der Waals surface area contributed by atoms with E-state index in [4.69, 9.17) is 4.74 Å². The molecule has 2 N–H and O–H groups in total. The van der Waals surface area contributed by atoms with Gasteiger partial charge in [-0.1, -0.05) is 6.07 Å². The maximum atomic E-state index is 13.3. The first-order valence-electron chi connectivity index (χ1n) is 6.21. The van der Waals surface area contributed by atoms with Crippen LogP contribution in [0.15, 0.2) is 46.9 Å². The van der Waals surface area contributed by atoms with Crippen LogP contribution < -0.4 is 15.4 Å². The number of carbonyl (C=O) groups is 1. The predicted molar refractivity (Wildman–Crippen MR) is 84.2 cm³/mol. The normalized spacial score (nSPS) is 10.0. The van der Waals surface area contributed by atoms with Gasteiger partial charge in [-0.3, -0.25) is 4.79 Å². The van der Waals surface area contributed by atoms with Crippen LogP contribution in [0.3, 0.4) is 0 Å². The Morgan fingerprint density at radius 3 is 2.76 bits per heavy atom. The molecule has 110 valence electrons. The van der Waals surface area contributed by atoms with Crippen molar-refractivity contribution in [2.75, 3.05) is 24.3 Å². The van der Waals surface area contributed by atoms with E-state index in [1.165, 1.54) is 6.07 Å². The molecule has 0 fully saturated rings. The van der Waals surface area contributed by atoms with E-state index >= 15 is 0 Å². The van der Waals surface area contributed by atoms with Crippen molar-refractivity contribution in [2.45, 2.75) is 0 Å². The highest BCUT2D eigenvalue weighted by molar-refractivity contribution is 9.10. The molecule has 0 aliphatic carbocycles. The Labute approximate surface area is 130 Å². The Balaban J connectivity index is 1.90. The molecular formula is C15H14BrFN2O2. The van der Waals surface area contributed by atoms with Crippen LogP contribution in [0.4, 0.5) is 15.8 Å². The number of rotatable bonds is 5. The highest BCUT2D eigenvalue weighted by Crippen LogP contribution is 2.19. The van der Waals surface area contributed by atoms with Gasteiger partial charge in [-0.05, 0) is 46.3 Å². The molecule has 0 aliphatic rings. The van der Waals surface area contributed by atoms with E-state index in [9.17, 15) is 9.18 Å². The molecule has 0 unspecified atom stereocenters. The second-order valence-corrected chi connectivity index (χ2v) is 5.12. The molecule has 2 rings (SSSR count). The number of methoxy groups -OCH3 is 1. The maximum Gasteiger partial charge on any atom is 0.243 e. The van der Waals surface area contributed by atoms with Crippen LogP contribution >= 0.6 is 15.9 Å². The number of anilines is 2. The van der Waals surface area contributed by atoms with E-state index in [0.717, 1.165) is 0 Å². The Kier molecular flexibility index (Phi) is 5.16. The van der Waals surface area contributed by atoms with Gasteiger partial charge in [0.15, 0.2) is 0 Å². The van der Waals surface area contributed by atoms with Gasteiger partial charge in [0.1, 0.15) is 11.6 Å². The molecule has 0 atom stereocenters. The van der Waals surface area contributed by atoms with Crippen molar-refractivity contribution in [1.82, 2.24) is 0 Å². The first-order chi connectivity index (χ1) is 10.1. The molecule has 2 aromatic rings. The van der Waals surface area contributed by atoms with Crippen LogP contribution in [0.1, 0.15) is 0 Å². The van der Waals surface area contributed by atoms with E-state index in [1.54, 1.807) is 43.5 Å². The zero-order chi connectivity index (χ0) is 15.2. The van der Waals surface area contributed by atoms with E-state index in [0.29, 0.717) is 21.6 Å². The van der Waals surface area contributed by atoms with Crippen molar-refractivity contribution in [3.8, 4) is 5.75 Å². The smallest absolute Gasteiger partial charge is 0.243 e. The molecule has 0 saturated carbocycles. The average Bonchev–Trinajstić information content (AvgIpc) is 2.48. The SMILES string of the molecule is COc1cccc(NC(=O)CNc2ccc(Br)c(F)c2)c1. The zero-order valence-corrected chi connectivity index (χ0v) is 12.9. The van der Waals surface area contributed by atoms with Gasteiger partial charge in [0, 0.05) is 17.4 Å². The Morgan fingerprint density at radius 1 is 1.24 bits per heavy atom. The largest absolute Gasteiger partial charge is 0.497 e. The molecule has 4 nitrogen and oxygen atoms in total. The fourth-order valence-corrected chi connectivity index (χ4v) is 1.94. The monoisotopic (exact) mass is 352 g/mol. The molecule has 6 heteroatoms. The van der Waals surface area contributed by atoms with Gasteiger partial charge < -0.3 is 15.4 Å². The van der Waals surface area contributed by atoms with E-state index in [2.05, 4.69) is 26.6 Å². The molecule has 0 spiro atoms. The number of halogens is 2. The third-order valence-electron chi connectivity index (χ3n) is 2.73. The highest BCUT2D eigenvalue weighted by Gasteiger charge is 2.05. The molecule has 1 amide bonds. The lowest BCUT2D eigenvalue weighted by Gasteiger charge is -2.09. The third-order valence-corrected chi connectivity index (χ3v) is 3.37. The average molecular weight is 353 g/mol. The lowest BCUT2D eigenvalue weighted by Crippen LogP contribution is -2.21. The fraction of sp³-hybridized carbons (Fsp3) is 0.133. The van der Waals surface area contributed by atoms with Crippen molar-refractivity contribution in [3.63, 3.8) is 0 Å². The second-order valence-electron chi connectivity index (χ2n) is 4.26. The van der Waals surface area contributed by atoms with Gasteiger partial charge >= 0.3 is 0 Å². The maximum absolute atomic E-state index is 13.3. The molecular weight excluding hydrogens is 339 g/mol. The van der Waals surface area contributed by atoms with E-state index < -0.39 is 0 Å². The lowest BCUT2D eigenvalue weighted by atomic mass is 10.3. The Bertz CT molecular complexity index is 649. The summed E-state index contributed by atoms with van der Waals surface area (Å²) in [4.78, 5) is 11.8. The van der Waals surface area contributed by atoms with E-state index in [1.807, 2.05) is 0 Å². The summed E-state index contributed by atoms with van der Waals surface area (Å²) in [5, 5.41) is 5.59. The number of hydrogen-bond acceptors (Lipinski definition) is 3. The summed E-state index contributed by atoms with van der Waals surface area (Å²) in [6, 6.07) is 11.6. The summed E-state index contributed by atoms with van der Waals surface area (Å²) in [5.41, 5.74) is 1.18. The minimum absolute atomic E-state index is 0.0400. The molecule has 2 aromatic carbocycles. The number of nitrogens with one attached hydrogen (secondary N) is 2. The first-order valence-corrected chi connectivity index (χ1v) is 7.00. The van der Waals surface area contributed by atoms with Gasteiger partial charge in [0.05, 0.1) is 18.1 Å².